The van der Waals surface area contributed by atoms with Crippen LogP contribution in [0.15, 0.2) is 85.2 Å². The molecule has 5 rings (SSSR count). The summed E-state index contributed by atoms with van der Waals surface area (Å²) in [6.45, 7) is 1.72. The largest absolute Gasteiger partial charge is 0.422 e. The highest BCUT2D eigenvalue weighted by molar-refractivity contribution is 9.10. The maximum absolute atomic E-state index is 13.1. The summed E-state index contributed by atoms with van der Waals surface area (Å²) < 4.78 is 7.50. The van der Waals surface area contributed by atoms with Crippen molar-refractivity contribution in [3.8, 4) is 5.69 Å². The lowest BCUT2D eigenvalue weighted by molar-refractivity contribution is 0.102. The fourth-order valence-electron chi connectivity index (χ4n) is 3.74. The Morgan fingerprint density at radius 1 is 1.06 bits per heavy atom. The highest BCUT2D eigenvalue weighted by atomic mass is 79.9. The zero-order valence-electron chi connectivity index (χ0n) is 17.6. The number of carbonyl (C=O) groups is 1. The Bertz CT molecular complexity index is 1740. The lowest BCUT2D eigenvalue weighted by Crippen LogP contribution is -2.23. The van der Waals surface area contributed by atoms with Crippen molar-refractivity contribution in [3.05, 3.63) is 108 Å². The second-order valence-electron chi connectivity index (χ2n) is 7.56. The van der Waals surface area contributed by atoms with Crippen molar-refractivity contribution in [1.82, 2.24) is 9.55 Å². The molecule has 0 fully saturated rings. The van der Waals surface area contributed by atoms with Gasteiger partial charge in [0.15, 0.2) is 0 Å². The number of aromatic nitrogens is 2. The van der Waals surface area contributed by atoms with Crippen molar-refractivity contribution in [2.75, 3.05) is 5.32 Å². The molecule has 0 aliphatic rings. The predicted octanol–water partition coefficient (Wildman–Crippen LogP) is 5.47. The molecule has 168 valence electrons. The van der Waals surface area contributed by atoms with E-state index in [4.69, 9.17) is 16.0 Å². The number of fused-ring (bicyclic) bond motifs is 2. The van der Waals surface area contributed by atoms with Crippen molar-refractivity contribution in [2.24, 2.45) is 0 Å². The first-order valence-corrected chi connectivity index (χ1v) is 11.3. The Hall–Kier alpha value is -3.75. The van der Waals surface area contributed by atoms with Gasteiger partial charge in [0.1, 0.15) is 17.0 Å². The molecule has 0 radical (unpaired) electrons. The van der Waals surface area contributed by atoms with Crippen LogP contribution in [0.5, 0.6) is 0 Å². The third-order valence-corrected chi connectivity index (χ3v) is 6.16. The molecule has 0 unspecified atom stereocenters. The highest BCUT2D eigenvalue weighted by Crippen LogP contribution is 2.26. The van der Waals surface area contributed by atoms with Crippen LogP contribution in [0.3, 0.4) is 0 Å². The predicted molar refractivity (Wildman–Crippen MR) is 135 cm³/mol. The fourth-order valence-corrected chi connectivity index (χ4v) is 4.28. The van der Waals surface area contributed by atoms with Gasteiger partial charge in [0, 0.05) is 9.86 Å². The molecule has 5 aromatic rings. The minimum absolute atomic E-state index is 0.173. The van der Waals surface area contributed by atoms with Gasteiger partial charge < -0.3 is 9.73 Å². The number of halogens is 2. The van der Waals surface area contributed by atoms with E-state index in [0.717, 1.165) is 4.47 Å². The van der Waals surface area contributed by atoms with Gasteiger partial charge in [0.05, 0.1) is 27.3 Å². The molecule has 0 aliphatic heterocycles. The first kappa shape index (κ1) is 22.1. The van der Waals surface area contributed by atoms with Crippen molar-refractivity contribution in [1.29, 1.82) is 0 Å². The van der Waals surface area contributed by atoms with Gasteiger partial charge in [-0.2, -0.15) is 0 Å². The van der Waals surface area contributed by atoms with Gasteiger partial charge in [-0.15, -0.1) is 0 Å². The number of nitrogens with zero attached hydrogens (tertiary/aromatic N) is 2. The van der Waals surface area contributed by atoms with E-state index in [1.807, 2.05) is 6.07 Å². The minimum Gasteiger partial charge on any atom is -0.422 e. The molecule has 0 saturated carbocycles. The maximum Gasteiger partial charge on any atom is 0.349 e. The Kier molecular flexibility index (Phi) is 5.55. The fraction of sp³-hybridized carbons (Fsp3) is 0.0400. The third kappa shape index (κ3) is 3.91. The van der Waals surface area contributed by atoms with Crippen LogP contribution in [0.4, 0.5) is 5.69 Å². The molecular weight excluding hydrogens is 522 g/mol. The van der Waals surface area contributed by atoms with E-state index in [-0.39, 0.29) is 21.8 Å². The van der Waals surface area contributed by atoms with E-state index in [9.17, 15) is 14.4 Å². The molecule has 1 N–H and O–H groups in total. The van der Waals surface area contributed by atoms with Crippen LogP contribution < -0.4 is 16.5 Å². The Morgan fingerprint density at radius 2 is 1.85 bits per heavy atom. The van der Waals surface area contributed by atoms with Crippen LogP contribution in [0.2, 0.25) is 5.02 Å². The van der Waals surface area contributed by atoms with E-state index in [1.165, 1.54) is 10.6 Å². The number of nitrogens with one attached hydrogen (secondary N) is 1. The monoisotopic (exact) mass is 535 g/mol. The molecule has 34 heavy (non-hydrogen) atoms. The number of hydrogen-bond donors (Lipinski definition) is 1. The molecule has 1 amide bonds. The topological polar surface area (TPSA) is 94.2 Å². The summed E-state index contributed by atoms with van der Waals surface area (Å²) in [6, 6.07) is 18.4. The number of anilines is 1. The normalized spacial score (nSPS) is 11.1. The average Bonchev–Trinajstić information content (AvgIpc) is 2.81. The van der Waals surface area contributed by atoms with E-state index in [2.05, 4.69) is 26.2 Å². The SMILES string of the molecule is Cc1nc2ccccc2c(=O)n1-c1ccc(Cl)c(NC(=O)c2cc3cc(Br)ccc3oc2=O)c1. The molecule has 7 nitrogen and oxygen atoms in total. The number of aryl methyl sites for hydroxylation is 1. The highest BCUT2D eigenvalue weighted by Gasteiger charge is 2.17. The smallest absolute Gasteiger partial charge is 0.349 e. The van der Waals surface area contributed by atoms with Crippen LogP contribution in [-0.4, -0.2) is 15.5 Å². The van der Waals surface area contributed by atoms with Gasteiger partial charge in [-0.3, -0.25) is 14.2 Å². The molecule has 2 heterocycles. The number of rotatable bonds is 3. The minimum atomic E-state index is -0.773. The van der Waals surface area contributed by atoms with Gasteiger partial charge in [0.25, 0.3) is 11.5 Å². The summed E-state index contributed by atoms with van der Waals surface area (Å²) >= 11 is 9.68. The van der Waals surface area contributed by atoms with Gasteiger partial charge in [-0.1, -0.05) is 39.7 Å². The van der Waals surface area contributed by atoms with Crippen LogP contribution in [0.25, 0.3) is 27.6 Å². The van der Waals surface area contributed by atoms with Crippen LogP contribution in [0, 0.1) is 6.92 Å². The number of amides is 1. The van der Waals surface area contributed by atoms with Gasteiger partial charge in [-0.05, 0) is 61.5 Å². The van der Waals surface area contributed by atoms with E-state index < -0.39 is 11.5 Å². The number of benzene rings is 3. The first-order chi connectivity index (χ1) is 16.3. The Morgan fingerprint density at radius 3 is 2.68 bits per heavy atom. The molecule has 2 aromatic heterocycles. The summed E-state index contributed by atoms with van der Waals surface area (Å²) in [7, 11) is 0. The van der Waals surface area contributed by atoms with Gasteiger partial charge >= 0.3 is 5.63 Å². The van der Waals surface area contributed by atoms with Crippen molar-refractivity contribution >= 4 is 61.0 Å². The Labute approximate surface area is 205 Å². The van der Waals surface area contributed by atoms with E-state index in [1.54, 1.807) is 61.5 Å². The second-order valence-corrected chi connectivity index (χ2v) is 8.89. The van der Waals surface area contributed by atoms with Crippen LogP contribution in [0.1, 0.15) is 16.2 Å². The second kappa shape index (κ2) is 8.55. The standard InChI is InChI=1S/C25H15BrClN3O4/c1-13-28-20-5-3-2-4-17(20)24(32)30(13)16-7-8-19(27)21(12-16)29-23(31)18-11-14-10-15(26)6-9-22(14)34-25(18)33/h2-12H,1H3,(H,29,31). The van der Waals surface area contributed by atoms with E-state index in [0.29, 0.717) is 33.4 Å². The molecule has 0 aliphatic carbocycles. The quantitative estimate of drug-likeness (QED) is 0.309. The molecule has 3 aromatic carbocycles. The van der Waals surface area contributed by atoms with Gasteiger partial charge in [-0.25, -0.2) is 9.78 Å². The number of hydrogen-bond acceptors (Lipinski definition) is 5. The lowest BCUT2D eigenvalue weighted by Gasteiger charge is -2.14. The lowest BCUT2D eigenvalue weighted by atomic mass is 10.1. The summed E-state index contributed by atoms with van der Waals surface area (Å²) in [5, 5.41) is 3.95. The average molecular weight is 537 g/mol. The molecule has 0 bridgehead atoms. The molecular formula is C25H15BrClN3O4. The summed E-state index contributed by atoms with van der Waals surface area (Å²) in [6.07, 6.45) is 0. The Balaban J connectivity index is 1.56. The first-order valence-electron chi connectivity index (χ1n) is 10.1. The number of carbonyl (C=O) groups excluding carboxylic acids is 1. The van der Waals surface area contributed by atoms with Crippen LogP contribution >= 0.6 is 27.5 Å². The molecule has 9 heteroatoms. The summed E-state index contributed by atoms with van der Waals surface area (Å²) in [5.41, 5.74) is 0.468. The van der Waals surface area contributed by atoms with E-state index >= 15 is 0 Å². The van der Waals surface area contributed by atoms with Crippen molar-refractivity contribution in [3.63, 3.8) is 0 Å². The zero-order chi connectivity index (χ0) is 24.0. The summed E-state index contributed by atoms with van der Waals surface area (Å²) in [4.78, 5) is 43.0. The molecule has 0 atom stereocenters. The maximum atomic E-state index is 13.1. The zero-order valence-corrected chi connectivity index (χ0v) is 20.0. The van der Waals surface area contributed by atoms with Crippen molar-refractivity contribution in [2.45, 2.75) is 6.92 Å². The van der Waals surface area contributed by atoms with Crippen molar-refractivity contribution < 1.29 is 9.21 Å². The molecule has 0 saturated heterocycles. The van der Waals surface area contributed by atoms with Crippen LogP contribution in [-0.2, 0) is 0 Å². The summed E-state index contributed by atoms with van der Waals surface area (Å²) in [5.74, 6) is -0.209. The number of para-hydroxylation sites is 1. The molecule has 0 spiro atoms. The van der Waals surface area contributed by atoms with Gasteiger partial charge in [0.2, 0.25) is 0 Å². The third-order valence-electron chi connectivity index (χ3n) is 5.34.